The number of aliphatic imine (C=N–C) groups is 1. The zero-order valence-electron chi connectivity index (χ0n) is 18.0. The Labute approximate surface area is 188 Å². The van der Waals surface area contributed by atoms with Crippen LogP contribution in [0, 0.1) is 5.92 Å². The molecule has 28 heavy (non-hydrogen) atoms. The molecule has 0 saturated carbocycles. The van der Waals surface area contributed by atoms with Crippen LogP contribution in [0.2, 0.25) is 0 Å². The Morgan fingerprint density at radius 1 is 1.14 bits per heavy atom. The second-order valence-electron chi connectivity index (χ2n) is 8.61. The maximum atomic E-state index is 11.4. The molecule has 2 fully saturated rings. The maximum absolute atomic E-state index is 11.4. The molecule has 4 N–H and O–H groups in total. The van der Waals surface area contributed by atoms with Crippen LogP contribution in [0.4, 0.5) is 0 Å². The van der Waals surface area contributed by atoms with Gasteiger partial charge in [-0.3, -0.25) is 14.7 Å². The molecule has 2 saturated heterocycles. The molecule has 2 aliphatic heterocycles. The molecule has 0 bridgehead atoms. The lowest BCUT2D eigenvalue weighted by Gasteiger charge is -2.41. The van der Waals surface area contributed by atoms with Crippen molar-refractivity contribution in [2.24, 2.45) is 16.6 Å². The summed E-state index contributed by atoms with van der Waals surface area (Å²) in [5, 5.41) is 6.91. The topological polar surface area (TPSA) is 86.0 Å². The average molecular weight is 508 g/mol. The van der Waals surface area contributed by atoms with Crippen molar-refractivity contribution in [2.45, 2.75) is 57.9 Å². The third-order valence-corrected chi connectivity index (χ3v) is 5.98. The molecule has 7 nitrogen and oxygen atoms in total. The molecular formula is C20H41IN6O. The van der Waals surface area contributed by atoms with Crippen molar-refractivity contribution in [1.82, 2.24) is 20.4 Å². The van der Waals surface area contributed by atoms with E-state index in [1.54, 1.807) is 0 Å². The number of nitrogens with one attached hydrogen (secondary N) is 2. The van der Waals surface area contributed by atoms with E-state index in [1.165, 1.54) is 32.4 Å². The lowest BCUT2D eigenvalue weighted by Crippen LogP contribution is -2.55. The lowest BCUT2D eigenvalue weighted by molar-refractivity contribution is -0.123. The number of amides is 1. The Morgan fingerprint density at radius 3 is 2.50 bits per heavy atom. The van der Waals surface area contributed by atoms with E-state index >= 15 is 0 Å². The van der Waals surface area contributed by atoms with Gasteiger partial charge in [0.1, 0.15) is 0 Å². The molecule has 0 aromatic carbocycles. The molecular weight excluding hydrogens is 467 g/mol. The van der Waals surface area contributed by atoms with E-state index in [1.807, 2.05) is 7.05 Å². The van der Waals surface area contributed by atoms with E-state index < -0.39 is 0 Å². The van der Waals surface area contributed by atoms with Crippen LogP contribution in [0.25, 0.3) is 0 Å². The zero-order valence-corrected chi connectivity index (χ0v) is 20.3. The summed E-state index contributed by atoms with van der Waals surface area (Å²) >= 11 is 0. The van der Waals surface area contributed by atoms with E-state index in [0.717, 1.165) is 57.9 Å². The highest BCUT2D eigenvalue weighted by Crippen LogP contribution is 2.19. The normalized spacial score (nSPS) is 22.4. The molecule has 1 atom stereocenters. The van der Waals surface area contributed by atoms with Crippen LogP contribution in [0.15, 0.2) is 4.99 Å². The third-order valence-electron chi connectivity index (χ3n) is 5.98. The van der Waals surface area contributed by atoms with Crippen LogP contribution in [0.3, 0.4) is 0 Å². The van der Waals surface area contributed by atoms with Crippen LogP contribution < -0.4 is 16.4 Å². The van der Waals surface area contributed by atoms with E-state index in [9.17, 15) is 4.79 Å². The van der Waals surface area contributed by atoms with Gasteiger partial charge in [0.15, 0.2) is 5.96 Å². The number of nitrogens with two attached hydrogens (primary N) is 1. The fourth-order valence-electron chi connectivity index (χ4n) is 4.13. The zero-order chi connectivity index (χ0) is 19.7. The van der Waals surface area contributed by atoms with Gasteiger partial charge in [0.2, 0.25) is 5.91 Å². The summed E-state index contributed by atoms with van der Waals surface area (Å²) in [4.78, 5) is 20.7. The van der Waals surface area contributed by atoms with Crippen molar-refractivity contribution in [3.05, 3.63) is 0 Å². The van der Waals surface area contributed by atoms with Crippen molar-refractivity contribution in [3.63, 3.8) is 0 Å². The van der Waals surface area contributed by atoms with Crippen LogP contribution in [-0.2, 0) is 4.79 Å². The SMILES string of the molecule is CN=C(NCCCN1CCCC(C(N)=O)C1)NCC(C)(C)N1CCCCC1.I. The monoisotopic (exact) mass is 508 g/mol. The van der Waals surface area contributed by atoms with E-state index in [4.69, 9.17) is 5.73 Å². The van der Waals surface area contributed by atoms with Crippen molar-refractivity contribution in [3.8, 4) is 0 Å². The first kappa shape index (κ1) is 25.4. The number of primary amides is 1. The van der Waals surface area contributed by atoms with Crippen LogP contribution >= 0.6 is 24.0 Å². The van der Waals surface area contributed by atoms with Crippen LogP contribution in [0.1, 0.15) is 52.4 Å². The van der Waals surface area contributed by atoms with Crippen LogP contribution in [0.5, 0.6) is 0 Å². The Kier molecular flexibility index (Phi) is 11.7. The van der Waals surface area contributed by atoms with Crippen LogP contribution in [-0.4, -0.2) is 80.1 Å². The summed E-state index contributed by atoms with van der Waals surface area (Å²) in [6, 6.07) is 0. The van der Waals surface area contributed by atoms with Gasteiger partial charge in [0.05, 0.1) is 5.92 Å². The number of hydrogen-bond donors (Lipinski definition) is 3. The Hall–Kier alpha value is -0.610. The minimum absolute atomic E-state index is 0. The van der Waals surface area contributed by atoms with E-state index in [2.05, 4.69) is 39.3 Å². The first-order valence-electron chi connectivity index (χ1n) is 10.6. The predicted molar refractivity (Wildman–Crippen MR) is 127 cm³/mol. The molecule has 2 heterocycles. The van der Waals surface area contributed by atoms with Gasteiger partial charge in [-0.1, -0.05) is 6.42 Å². The molecule has 0 spiro atoms. The maximum Gasteiger partial charge on any atom is 0.221 e. The minimum Gasteiger partial charge on any atom is -0.369 e. The minimum atomic E-state index is -0.154. The largest absolute Gasteiger partial charge is 0.369 e. The molecule has 0 aromatic heterocycles. The standard InChI is InChI=1S/C20H40N6O.HI/c1-20(2,26-13-5-4-6-14-26)16-24-19(22-3)23-10-8-12-25-11-7-9-17(15-25)18(21)27;/h17H,4-16H2,1-3H3,(H2,21,27)(H2,22,23,24);1H. The number of nitrogens with zero attached hydrogens (tertiary/aromatic N) is 3. The number of likely N-dealkylation sites (tertiary alicyclic amines) is 2. The summed E-state index contributed by atoms with van der Waals surface area (Å²) in [6.07, 6.45) is 7.01. The molecule has 0 aromatic rings. The molecule has 1 unspecified atom stereocenters. The molecule has 164 valence electrons. The first-order chi connectivity index (χ1) is 12.9. The number of piperidine rings is 2. The number of carbonyl (C=O) groups is 1. The highest BCUT2D eigenvalue weighted by atomic mass is 127. The van der Waals surface area contributed by atoms with E-state index in [0.29, 0.717) is 0 Å². The molecule has 1 amide bonds. The summed E-state index contributed by atoms with van der Waals surface area (Å²) in [5.41, 5.74) is 5.59. The van der Waals surface area contributed by atoms with Gasteiger partial charge >= 0.3 is 0 Å². The second kappa shape index (κ2) is 12.8. The lowest BCUT2D eigenvalue weighted by atomic mass is 9.97. The summed E-state index contributed by atoms with van der Waals surface area (Å²) in [6.45, 7) is 11.7. The Bertz CT molecular complexity index is 493. The number of halogens is 1. The van der Waals surface area contributed by atoms with Gasteiger partial charge in [-0.25, -0.2) is 0 Å². The van der Waals surface area contributed by atoms with Gasteiger partial charge in [0, 0.05) is 32.2 Å². The number of hydrogen-bond acceptors (Lipinski definition) is 4. The van der Waals surface area contributed by atoms with Gasteiger partial charge in [-0.2, -0.15) is 0 Å². The summed E-state index contributed by atoms with van der Waals surface area (Å²) in [7, 11) is 1.82. The van der Waals surface area contributed by atoms with E-state index in [-0.39, 0.29) is 41.3 Å². The molecule has 0 radical (unpaired) electrons. The first-order valence-corrected chi connectivity index (χ1v) is 10.6. The fraction of sp³-hybridized carbons (Fsp3) is 0.900. The fourth-order valence-corrected chi connectivity index (χ4v) is 4.13. The highest BCUT2D eigenvalue weighted by Gasteiger charge is 2.28. The number of guanidine groups is 1. The predicted octanol–water partition coefficient (Wildman–Crippen LogP) is 1.62. The molecule has 2 rings (SSSR count). The van der Waals surface area contributed by atoms with Gasteiger partial charge < -0.3 is 21.3 Å². The molecule has 2 aliphatic rings. The highest BCUT2D eigenvalue weighted by molar-refractivity contribution is 14.0. The molecule has 0 aliphatic carbocycles. The Balaban J connectivity index is 0.00000392. The smallest absolute Gasteiger partial charge is 0.221 e. The molecule has 8 heteroatoms. The number of carbonyl (C=O) groups excluding carboxylic acids is 1. The van der Waals surface area contributed by atoms with Gasteiger partial charge in [0.25, 0.3) is 0 Å². The summed E-state index contributed by atoms with van der Waals surface area (Å²) in [5.74, 6) is 0.741. The van der Waals surface area contributed by atoms with Gasteiger partial charge in [-0.15, -0.1) is 24.0 Å². The van der Waals surface area contributed by atoms with Crippen molar-refractivity contribution >= 4 is 35.8 Å². The van der Waals surface area contributed by atoms with Gasteiger partial charge in [-0.05, 0) is 72.1 Å². The van der Waals surface area contributed by atoms with Crippen molar-refractivity contribution in [1.29, 1.82) is 0 Å². The third kappa shape index (κ3) is 8.41. The number of rotatable bonds is 8. The van der Waals surface area contributed by atoms with Crippen molar-refractivity contribution in [2.75, 3.05) is 52.9 Å². The average Bonchev–Trinajstić information content (AvgIpc) is 2.68. The van der Waals surface area contributed by atoms with Crippen molar-refractivity contribution < 1.29 is 4.79 Å². The quantitative estimate of drug-likeness (QED) is 0.201. The second-order valence-corrected chi connectivity index (χ2v) is 8.61. The Morgan fingerprint density at radius 2 is 1.86 bits per heavy atom. The summed E-state index contributed by atoms with van der Waals surface area (Å²) < 4.78 is 0.